The SMILES string of the molecule is CCCCc1ccc(NC(=O)Nc2ccc3nc[nH]c3c2)cc1. The number of rotatable bonds is 5. The zero-order valence-electron chi connectivity index (χ0n) is 13.1. The highest BCUT2D eigenvalue weighted by Crippen LogP contribution is 2.16. The number of imidazole rings is 1. The van der Waals surface area contributed by atoms with Crippen molar-refractivity contribution >= 4 is 28.4 Å². The lowest BCUT2D eigenvalue weighted by atomic mass is 10.1. The van der Waals surface area contributed by atoms with Gasteiger partial charge in [0, 0.05) is 11.4 Å². The summed E-state index contributed by atoms with van der Waals surface area (Å²) in [6.07, 6.45) is 5.08. The number of nitrogens with one attached hydrogen (secondary N) is 3. The first kappa shape index (κ1) is 15.1. The predicted octanol–water partition coefficient (Wildman–Crippen LogP) is 4.55. The molecular formula is C18H20N4O. The van der Waals surface area contributed by atoms with Crippen LogP contribution in [0.4, 0.5) is 16.2 Å². The molecule has 0 aliphatic carbocycles. The van der Waals surface area contributed by atoms with Gasteiger partial charge in [0.2, 0.25) is 0 Å². The topological polar surface area (TPSA) is 69.8 Å². The molecule has 5 heteroatoms. The molecule has 2 amide bonds. The number of hydrogen-bond donors (Lipinski definition) is 3. The maximum absolute atomic E-state index is 12.1. The Morgan fingerprint density at radius 3 is 2.61 bits per heavy atom. The van der Waals surface area contributed by atoms with Gasteiger partial charge in [-0.1, -0.05) is 25.5 Å². The van der Waals surface area contributed by atoms with E-state index in [0.29, 0.717) is 0 Å². The predicted molar refractivity (Wildman–Crippen MR) is 93.8 cm³/mol. The number of unbranched alkanes of at least 4 members (excludes halogenated alkanes) is 1. The van der Waals surface area contributed by atoms with Crippen LogP contribution < -0.4 is 10.6 Å². The third-order valence-corrected chi connectivity index (χ3v) is 3.71. The van der Waals surface area contributed by atoms with E-state index >= 15 is 0 Å². The quantitative estimate of drug-likeness (QED) is 0.647. The molecule has 118 valence electrons. The van der Waals surface area contributed by atoms with Crippen LogP contribution in [0.1, 0.15) is 25.3 Å². The van der Waals surface area contributed by atoms with Crippen LogP contribution in [0.25, 0.3) is 11.0 Å². The van der Waals surface area contributed by atoms with E-state index in [1.807, 2.05) is 30.3 Å². The summed E-state index contributed by atoms with van der Waals surface area (Å²) in [4.78, 5) is 19.2. The number of carbonyl (C=O) groups excluding carboxylic acids is 1. The summed E-state index contributed by atoms with van der Waals surface area (Å²) in [5, 5.41) is 5.66. The summed E-state index contributed by atoms with van der Waals surface area (Å²) in [5.41, 5.74) is 4.56. The molecule has 5 nitrogen and oxygen atoms in total. The minimum absolute atomic E-state index is 0.259. The lowest BCUT2D eigenvalue weighted by molar-refractivity contribution is 0.262. The Morgan fingerprint density at radius 1 is 1.09 bits per heavy atom. The van der Waals surface area contributed by atoms with Crippen LogP contribution in [-0.2, 0) is 6.42 Å². The number of aromatic amines is 1. The number of carbonyl (C=O) groups is 1. The molecule has 1 aromatic heterocycles. The molecule has 0 unspecified atom stereocenters. The highest BCUT2D eigenvalue weighted by Gasteiger charge is 2.04. The van der Waals surface area contributed by atoms with E-state index in [0.717, 1.165) is 28.8 Å². The fraction of sp³-hybridized carbons (Fsp3) is 0.222. The number of amides is 2. The van der Waals surface area contributed by atoms with Crippen molar-refractivity contribution in [3.63, 3.8) is 0 Å². The summed E-state index contributed by atoms with van der Waals surface area (Å²) in [6, 6.07) is 13.3. The largest absolute Gasteiger partial charge is 0.345 e. The van der Waals surface area contributed by atoms with Crippen LogP contribution in [0.2, 0.25) is 0 Å². The zero-order chi connectivity index (χ0) is 16.1. The van der Waals surface area contributed by atoms with Crippen molar-refractivity contribution in [2.45, 2.75) is 26.2 Å². The van der Waals surface area contributed by atoms with Crippen LogP contribution in [-0.4, -0.2) is 16.0 Å². The number of hydrogen-bond acceptors (Lipinski definition) is 2. The highest BCUT2D eigenvalue weighted by molar-refractivity contribution is 6.00. The van der Waals surface area contributed by atoms with Gasteiger partial charge in [0.05, 0.1) is 17.4 Å². The molecule has 3 aromatic rings. The van der Waals surface area contributed by atoms with Crippen LogP contribution >= 0.6 is 0 Å². The van der Waals surface area contributed by atoms with Crippen LogP contribution in [0.5, 0.6) is 0 Å². The van der Waals surface area contributed by atoms with E-state index in [2.05, 4.69) is 39.7 Å². The average Bonchev–Trinajstić information content (AvgIpc) is 3.02. The Bertz CT molecular complexity index is 792. The van der Waals surface area contributed by atoms with E-state index in [-0.39, 0.29) is 6.03 Å². The van der Waals surface area contributed by atoms with Crippen LogP contribution in [0.15, 0.2) is 48.8 Å². The summed E-state index contributed by atoms with van der Waals surface area (Å²) in [7, 11) is 0. The Balaban J connectivity index is 1.60. The molecule has 2 aromatic carbocycles. The number of nitrogens with zero attached hydrogens (tertiary/aromatic N) is 1. The molecular weight excluding hydrogens is 288 g/mol. The summed E-state index contributed by atoms with van der Waals surface area (Å²) in [5.74, 6) is 0. The second kappa shape index (κ2) is 6.96. The van der Waals surface area contributed by atoms with Crippen LogP contribution in [0, 0.1) is 0 Å². The number of benzene rings is 2. The lowest BCUT2D eigenvalue weighted by Crippen LogP contribution is -2.19. The molecule has 0 atom stereocenters. The third-order valence-electron chi connectivity index (χ3n) is 3.71. The van der Waals surface area contributed by atoms with Gasteiger partial charge in [-0.15, -0.1) is 0 Å². The smallest absolute Gasteiger partial charge is 0.323 e. The van der Waals surface area contributed by atoms with Crippen molar-refractivity contribution in [2.75, 3.05) is 10.6 Å². The summed E-state index contributed by atoms with van der Waals surface area (Å²) in [6.45, 7) is 2.18. The minimum Gasteiger partial charge on any atom is -0.345 e. The maximum atomic E-state index is 12.1. The van der Waals surface area contributed by atoms with Gasteiger partial charge in [0.15, 0.2) is 0 Å². The first-order valence-electron chi connectivity index (χ1n) is 7.84. The Morgan fingerprint density at radius 2 is 1.83 bits per heavy atom. The number of urea groups is 1. The normalized spacial score (nSPS) is 10.7. The number of fused-ring (bicyclic) bond motifs is 1. The standard InChI is InChI=1S/C18H20N4O/c1-2-3-4-13-5-7-14(8-6-13)21-18(23)22-15-9-10-16-17(11-15)20-12-19-16/h5-12H,2-4H2,1H3,(H,19,20)(H2,21,22,23). The number of aryl methyl sites for hydroxylation is 1. The van der Waals surface area contributed by atoms with E-state index in [4.69, 9.17) is 0 Å². The first-order valence-corrected chi connectivity index (χ1v) is 7.84. The van der Waals surface area contributed by atoms with Crippen molar-refractivity contribution in [3.8, 4) is 0 Å². The van der Waals surface area contributed by atoms with Crippen molar-refractivity contribution in [2.24, 2.45) is 0 Å². The molecule has 0 aliphatic heterocycles. The molecule has 0 bridgehead atoms. The third kappa shape index (κ3) is 3.88. The second-order valence-electron chi connectivity index (χ2n) is 5.51. The Hall–Kier alpha value is -2.82. The fourth-order valence-electron chi connectivity index (χ4n) is 2.44. The molecule has 0 saturated carbocycles. The van der Waals surface area contributed by atoms with Gasteiger partial charge in [-0.3, -0.25) is 0 Å². The molecule has 0 fully saturated rings. The van der Waals surface area contributed by atoms with E-state index in [9.17, 15) is 4.79 Å². The van der Waals surface area contributed by atoms with Gasteiger partial charge in [-0.2, -0.15) is 0 Å². The summed E-state index contributed by atoms with van der Waals surface area (Å²) < 4.78 is 0. The maximum Gasteiger partial charge on any atom is 0.323 e. The van der Waals surface area contributed by atoms with Gasteiger partial charge in [0.25, 0.3) is 0 Å². The lowest BCUT2D eigenvalue weighted by Gasteiger charge is -2.08. The van der Waals surface area contributed by atoms with Crippen molar-refractivity contribution in [3.05, 3.63) is 54.4 Å². The Labute approximate surface area is 135 Å². The van der Waals surface area contributed by atoms with Gasteiger partial charge in [-0.25, -0.2) is 9.78 Å². The highest BCUT2D eigenvalue weighted by atomic mass is 16.2. The number of anilines is 2. The molecule has 23 heavy (non-hydrogen) atoms. The van der Waals surface area contributed by atoms with Crippen LogP contribution in [0.3, 0.4) is 0 Å². The van der Waals surface area contributed by atoms with E-state index < -0.39 is 0 Å². The molecule has 1 heterocycles. The Kier molecular flexibility index (Phi) is 4.57. The van der Waals surface area contributed by atoms with Gasteiger partial charge >= 0.3 is 6.03 Å². The second-order valence-corrected chi connectivity index (χ2v) is 5.51. The fourth-order valence-corrected chi connectivity index (χ4v) is 2.44. The number of aromatic nitrogens is 2. The molecule has 3 rings (SSSR count). The van der Waals surface area contributed by atoms with E-state index in [1.54, 1.807) is 6.33 Å². The van der Waals surface area contributed by atoms with E-state index in [1.165, 1.54) is 18.4 Å². The molecule has 0 spiro atoms. The molecule has 0 saturated heterocycles. The minimum atomic E-state index is -0.259. The first-order chi connectivity index (χ1) is 11.2. The molecule has 0 aliphatic rings. The van der Waals surface area contributed by atoms with Crippen molar-refractivity contribution < 1.29 is 4.79 Å². The van der Waals surface area contributed by atoms with Gasteiger partial charge in [-0.05, 0) is 48.7 Å². The average molecular weight is 308 g/mol. The molecule has 0 radical (unpaired) electrons. The summed E-state index contributed by atoms with van der Waals surface area (Å²) >= 11 is 0. The molecule has 3 N–H and O–H groups in total. The monoisotopic (exact) mass is 308 g/mol. The number of H-pyrrole nitrogens is 1. The van der Waals surface area contributed by atoms with Gasteiger partial charge < -0.3 is 15.6 Å². The van der Waals surface area contributed by atoms with Crippen molar-refractivity contribution in [1.82, 2.24) is 9.97 Å². The van der Waals surface area contributed by atoms with Crippen molar-refractivity contribution in [1.29, 1.82) is 0 Å². The van der Waals surface area contributed by atoms with Gasteiger partial charge in [0.1, 0.15) is 0 Å². The zero-order valence-corrected chi connectivity index (χ0v) is 13.1.